The topological polar surface area (TPSA) is 116 Å². The summed E-state index contributed by atoms with van der Waals surface area (Å²) in [5.41, 5.74) is 1.82. The Bertz CT molecular complexity index is 1510. The summed E-state index contributed by atoms with van der Waals surface area (Å²) in [6.45, 7) is 5.38. The molecule has 0 unspecified atom stereocenters. The quantitative estimate of drug-likeness (QED) is 0.344. The molecule has 39 heavy (non-hydrogen) atoms. The Morgan fingerprint density at radius 1 is 0.974 bits per heavy atom. The number of amides is 2. The third-order valence-electron chi connectivity index (χ3n) is 5.93. The summed E-state index contributed by atoms with van der Waals surface area (Å²) in [6.07, 6.45) is 0. The molecule has 1 heterocycles. The summed E-state index contributed by atoms with van der Waals surface area (Å²) in [7, 11) is 2.81. The van der Waals surface area contributed by atoms with Crippen molar-refractivity contribution < 1.29 is 23.9 Å². The van der Waals surface area contributed by atoms with E-state index in [-0.39, 0.29) is 12.1 Å². The van der Waals surface area contributed by atoms with E-state index >= 15 is 0 Å². The van der Waals surface area contributed by atoms with Crippen LogP contribution in [0.25, 0.3) is 11.0 Å². The molecular weight excluding hydrogens is 498 g/mol. The van der Waals surface area contributed by atoms with Gasteiger partial charge in [-0.15, -0.1) is 5.10 Å². The molecule has 1 N–H and O–H groups in total. The Labute approximate surface area is 226 Å². The number of carbonyl (C=O) groups is 3. The van der Waals surface area contributed by atoms with Crippen LogP contribution < -0.4 is 15.0 Å². The molecule has 0 fully saturated rings. The van der Waals surface area contributed by atoms with Gasteiger partial charge in [0, 0.05) is 11.2 Å². The lowest BCUT2D eigenvalue weighted by atomic mass is 10.00. The van der Waals surface area contributed by atoms with Crippen LogP contribution in [0.3, 0.4) is 0 Å². The number of nitrogens with zero attached hydrogens (tertiary/aromatic N) is 4. The van der Waals surface area contributed by atoms with Crippen LogP contribution in [0, 0.1) is 0 Å². The van der Waals surface area contributed by atoms with Gasteiger partial charge in [-0.1, -0.05) is 35.5 Å². The number of nitrogens with one attached hydrogen (secondary N) is 1. The lowest BCUT2D eigenvalue weighted by molar-refractivity contribution is -0.128. The van der Waals surface area contributed by atoms with Gasteiger partial charge >= 0.3 is 5.97 Å². The lowest BCUT2D eigenvalue weighted by Gasteiger charge is -2.34. The molecule has 0 spiro atoms. The Morgan fingerprint density at radius 2 is 1.72 bits per heavy atom. The predicted molar refractivity (Wildman–Crippen MR) is 146 cm³/mol. The summed E-state index contributed by atoms with van der Waals surface area (Å²) in [5, 5.41) is 11.3. The third-order valence-corrected chi connectivity index (χ3v) is 5.93. The van der Waals surface area contributed by atoms with Crippen molar-refractivity contribution in [2.24, 2.45) is 0 Å². The molecule has 0 aliphatic heterocycles. The number of hydrogen-bond donors (Lipinski definition) is 1. The molecular formula is C29H31N5O5. The summed E-state index contributed by atoms with van der Waals surface area (Å²) < 4.78 is 11.8. The summed E-state index contributed by atoms with van der Waals surface area (Å²) in [4.78, 5) is 41.8. The molecule has 1 aromatic heterocycles. The van der Waals surface area contributed by atoms with Crippen molar-refractivity contribution in [2.45, 2.75) is 38.9 Å². The third kappa shape index (κ3) is 6.23. The van der Waals surface area contributed by atoms with Crippen LogP contribution in [0.1, 0.15) is 42.7 Å². The average Bonchev–Trinajstić information content (AvgIpc) is 3.32. The van der Waals surface area contributed by atoms with Crippen molar-refractivity contribution in [1.29, 1.82) is 0 Å². The number of fused-ring (bicyclic) bond motifs is 1. The summed E-state index contributed by atoms with van der Waals surface area (Å²) >= 11 is 0. The van der Waals surface area contributed by atoms with Crippen LogP contribution in [-0.4, -0.2) is 52.5 Å². The van der Waals surface area contributed by atoms with E-state index in [2.05, 4.69) is 15.6 Å². The zero-order chi connectivity index (χ0) is 28.2. The molecule has 4 aromatic rings. The summed E-state index contributed by atoms with van der Waals surface area (Å²) in [5.74, 6) is -0.886. The zero-order valence-electron chi connectivity index (χ0n) is 22.5. The average molecular weight is 530 g/mol. The fourth-order valence-corrected chi connectivity index (χ4v) is 4.24. The van der Waals surface area contributed by atoms with Crippen LogP contribution in [-0.2, 0) is 20.9 Å². The van der Waals surface area contributed by atoms with Crippen molar-refractivity contribution >= 4 is 34.5 Å². The molecule has 0 radical (unpaired) electrons. The molecule has 0 saturated carbocycles. The van der Waals surface area contributed by atoms with E-state index in [4.69, 9.17) is 9.47 Å². The molecule has 0 bridgehead atoms. The first-order valence-electron chi connectivity index (χ1n) is 12.4. The number of carbonyl (C=O) groups excluding carboxylic acids is 3. The standard InChI is InChI=1S/C29H31N5O5/c1-29(2,3)30-27(36)26(19-10-9-13-22(17-19)38-4)34(21-12-8-11-20(16-21)28(37)39-5)25(35)18-33-24-15-7-6-14-23(24)31-32-33/h6-17,26H,18H2,1-5H3,(H,30,36)/t26-/m0/s1. The van der Waals surface area contributed by atoms with Gasteiger partial charge in [0.25, 0.3) is 0 Å². The highest BCUT2D eigenvalue weighted by atomic mass is 16.5. The van der Waals surface area contributed by atoms with Gasteiger partial charge in [-0.05, 0) is 68.8 Å². The van der Waals surface area contributed by atoms with Crippen LogP contribution in [0.15, 0.2) is 72.8 Å². The fourth-order valence-electron chi connectivity index (χ4n) is 4.24. The second-order valence-electron chi connectivity index (χ2n) is 9.96. The fraction of sp³-hybridized carbons (Fsp3) is 0.276. The number of esters is 1. The van der Waals surface area contributed by atoms with E-state index in [0.717, 1.165) is 0 Å². The molecule has 4 rings (SSSR count). The Balaban J connectivity index is 1.88. The number of hydrogen-bond acceptors (Lipinski definition) is 7. The van der Waals surface area contributed by atoms with Crippen LogP contribution in [0.5, 0.6) is 5.75 Å². The number of methoxy groups -OCH3 is 2. The molecule has 0 saturated heterocycles. The molecule has 10 nitrogen and oxygen atoms in total. The molecule has 2 amide bonds. The number of benzene rings is 3. The monoisotopic (exact) mass is 529 g/mol. The van der Waals surface area contributed by atoms with Gasteiger partial charge < -0.3 is 14.8 Å². The summed E-state index contributed by atoms with van der Waals surface area (Å²) in [6, 6.07) is 19.6. The number of ether oxygens (including phenoxy) is 2. The molecule has 1 atom stereocenters. The molecule has 0 aliphatic rings. The second kappa shape index (κ2) is 11.3. The van der Waals surface area contributed by atoms with E-state index < -0.39 is 29.4 Å². The Hall–Kier alpha value is -4.73. The van der Waals surface area contributed by atoms with Crippen LogP contribution in [0.2, 0.25) is 0 Å². The SMILES string of the molecule is COC(=O)c1cccc(N(C(=O)Cn2nnc3ccccc32)[C@H](C(=O)NC(C)(C)C)c2cccc(OC)c2)c1. The maximum Gasteiger partial charge on any atom is 0.337 e. The maximum atomic E-state index is 14.2. The van der Waals surface area contributed by atoms with Gasteiger partial charge in [-0.2, -0.15) is 0 Å². The first kappa shape index (κ1) is 27.3. The van der Waals surface area contributed by atoms with Gasteiger partial charge in [-0.3, -0.25) is 14.5 Å². The van der Waals surface area contributed by atoms with Crippen molar-refractivity contribution in [3.8, 4) is 5.75 Å². The number of aromatic nitrogens is 3. The van der Waals surface area contributed by atoms with Crippen molar-refractivity contribution in [2.75, 3.05) is 19.1 Å². The maximum absolute atomic E-state index is 14.2. The second-order valence-corrected chi connectivity index (χ2v) is 9.96. The smallest absolute Gasteiger partial charge is 0.337 e. The van der Waals surface area contributed by atoms with E-state index in [1.807, 2.05) is 39.0 Å². The predicted octanol–water partition coefficient (Wildman–Crippen LogP) is 3.92. The molecule has 3 aromatic carbocycles. The van der Waals surface area contributed by atoms with E-state index in [9.17, 15) is 14.4 Å². The van der Waals surface area contributed by atoms with Gasteiger partial charge in [0.05, 0.1) is 25.3 Å². The lowest BCUT2D eigenvalue weighted by Crippen LogP contribution is -2.50. The van der Waals surface area contributed by atoms with E-state index in [1.54, 1.807) is 48.5 Å². The first-order chi connectivity index (χ1) is 18.6. The van der Waals surface area contributed by atoms with Gasteiger partial charge in [0.2, 0.25) is 11.8 Å². The Morgan fingerprint density at radius 3 is 2.44 bits per heavy atom. The van der Waals surface area contributed by atoms with Crippen LogP contribution >= 0.6 is 0 Å². The van der Waals surface area contributed by atoms with Gasteiger partial charge in [0.15, 0.2) is 0 Å². The number of para-hydroxylation sites is 1. The molecule has 0 aliphatic carbocycles. The van der Waals surface area contributed by atoms with Gasteiger partial charge in [0.1, 0.15) is 23.9 Å². The highest BCUT2D eigenvalue weighted by Gasteiger charge is 2.35. The number of rotatable bonds is 8. The van der Waals surface area contributed by atoms with E-state index in [0.29, 0.717) is 28.0 Å². The van der Waals surface area contributed by atoms with E-state index in [1.165, 1.54) is 29.9 Å². The minimum absolute atomic E-state index is 0.202. The zero-order valence-corrected chi connectivity index (χ0v) is 22.5. The molecule has 202 valence electrons. The minimum Gasteiger partial charge on any atom is -0.497 e. The van der Waals surface area contributed by atoms with Crippen molar-refractivity contribution in [1.82, 2.24) is 20.3 Å². The highest BCUT2D eigenvalue weighted by molar-refractivity contribution is 6.02. The molecule has 10 heteroatoms. The number of anilines is 1. The van der Waals surface area contributed by atoms with Crippen LogP contribution in [0.4, 0.5) is 5.69 Å². The van der Waals surface area contributed by atoms with Gasteiger partial charge in [-0.25, -0.2) is 9.48 Å². The highest BCUT2D eigenvalue weighted by Crippen LogP contribution is 2.32. The van der Waals surface area contributed by atoms with Crippen molar-refractivity contribution in [3.05, 3.63) is 83.9 Å². The van der Waals surface area contributed by atoms with Crippen molar-refractivity contribution in [3.63, 3.8) is 0 Å². The minimum atomic E-state index is -1.10. The first-order valence-corrected chi connectivity index (χ1v) is 12.4. The Kier molecular flexibility index (Phi) is 7.94. The largest absolute Gasteiger partial charge is 0.497 e. The normalized spacial score (nSPS) is 12.0.